The van der Waals surface area contributed by atoms with Crippen molar-refractivity contribution < 1.29 is 28.0 Å². The number of benzene rings is 2. The summed E-state index contributed by atoms with van der Waals surface area (Å²) in [6.07, 6.45) is 0. The summed E-state index contributed by atoms with van der Waals surface area (Å²) in [5, 5.41) is 0. The first-order valence-electron chi connectivity index (χ1n) is 5.33. The smallest absolute Gasteiger partial charge is 0.558 e. The van der Waals surface area contributed by atoms with Crippen LogP contribution in [0, 0.1) is 0 Å². The Hall–Kier alpha value is -1.07. The molecule has 2 atom stereocenters. The minimum absolute atomic E-state index is 0. The predicted molar refractivity (Wildman–Crippen MR) is 75.1 cm³/mol. The summed E-state index contributed by atoms with van der Waals surface area (Å²) in [6, 6.07) is 16.7. The van der Waals surface area contributed by atoms with E-state index in [2.05, 4.69) is 9.05 Å². The molecule has 0 saturated heterocycles. The van der Waals surface area contributed by atoms with E-state index in [1.807, 2.05) is 0 Å². The standard InChI is InChI=1S/2C6H5O3P.Mg/c2*7-10(8)9-6-4-2-1-3-5-6;/h2*1-5H;/q;;+2. The van der Waals surface area contributed by atoms with E-state index in [9.17, 15) is 18.9 Å². The van der Waals surface area contributed by atoms with Crippen molar-refractivity contribution in [2.75, 3.05) is 0 Å². The van der Waals surface area contributed by atoms with Crippen LogP contribution < -0.4 is 18.8 Å². The average Bonchev–Trinajstić information content (AvgIpc) is 2.40. The van der Waals surface area contributed by atoms with Crippen molar-refractivity contribution in [1.29, 1.82) is 0 Å². The van der Waals surface area contributed by atoms with Gasteiger partial charge in [-0.2, -0.15) is 0 Å². The summed E-state index contributed by atoms with van der Waals surface area (Å²) in [4.78, 5) is 20.0. The van der Waals surface area contributed by atoms with Crippen LogP contribution in [0.5, 0.6) is 11.5 Å². The molecule has 0 aliphatic carbocycles. The second-order valence-corrected chi connectivity index (χ2v) is 4.52. The van der Waals surface area contributed by atoms with Crippen LogP contribution in [0.1, 0.15) is 0 Å². The zero-order valence-electron chi connectivity index (χ0n) is 10.8. The second kappa shape index (κ2) is 11.6. The van der Waals surface area contributed by atoms with Gasteiger partial charge in [-0.3, -0.25) is 9.05 Å². The molecule has 0 N–H and O–H groups in total. The van der Waals surface area contributed by atoms with Crippen LogP contribution in [-0.2, 0) is 9.13 Å². The van der Waals surface area contributed by atoms with E-state index in [0.717, 1.165) is 0 Å². The zero-order valence-corrected chi connectivity index (χ0v) is 14.0. The SMILES string of the molecule is O=[P+]([O-])Oc1ccccc1.O=[P+]([O-])Oc1ccccc1.[Mg+2]. The maximum absolute atomic E-state index is 9.98. The monoisotopic (exact) mass is 336 g/mol. The van der Waals surface area contributed by atoms with Crippen LogP contribution in [0.3, 0.4) is 0 Å². The van der Waals surface area contributed by atoms with Crippen molar-refractivity contribution >= 4 is 39.6 Å². The largest absolute Gasteiger partial charge is 2.00 e. The second-order valence-electron chi connectivity index (χ2n) is 3.26. The summed E-state index contributed by atoms with van der Waals surface area (Å²) in [5.41, 5.74) is 0. The van der Waals surface area contributed by atoms with Gasteiger partial charge in [0, 0.05) is 0 Å². The van der Waals surface area contributed by atoms with Gasteiger partial charge in [0.25, 0.3) is 0 Å². The molecular weight excluding hydrogens is 326 g/mol. The fourth-order valence-corrected chi connectivity index (χ4v) is 1.72. The Balaban J connectivity index is 0.000000364. The fourth-order valence-electron chi connectivity index (χ4n) is 1.13. The van der Waals surface area contributed by atoms with E-state index in [1.165, 1.54) is 0 Å². The molecule has 0 bridgehead atoms. The molecule has 0 spiro atoms. The van der Waals surface area contributed by atoms with E-state index >= 15 is 0 Å². The van der Waals surface area contributed by atoms with Gasteiger partial charge in [-0.1, -0.05) is 36.4 Å². The molecule has 2 aromatic rings. The van der Waals surface area contributed by atoms with E-state index in [4.69, 9.17) is 0 Å². The van der Waals surface area contributed by atoms with Crippen molar-refractivity contribution in [3.05, 3.63) is 60.7 Å². The van der Waals surface area contributed by atoms with Crippen LogP contribution in [0.25, 0.3) is 0 Å². The maximum atomic E-state index is 9.98. The van der Waals surface area contributed by atoms with Gasteiger partial charge in [-0.25, -0.2) is 0 Å². The van der Waals surface area contributed by atoms with Gasteiger partial charge in [-0.05, 0) is 33.4 Å². The number of para-hydroxylation sites is 2. The molecule has 2 rings (SSSR count). The van der Waals surface area contributed by atoms with Gasteiger partial charge >= 0.3 is 39.6 Å². The van der Waals surface area contributed by atoms with E-state index in [-0.39, 0.29) is 23.1 Å². The molecule has 21 heavy (non-hydrogen) atoms. The molecular formula is C12H10MgO6P2+2. The summed E-state index contributed by atoms with van der Waals surface area (Å²) < 4.78 is 28.7. The Morgan fingerprint density at radius 3 is 1.19 bits per heavy atom. The Labute approximate surface area is 139 Å². The number of hydrogen-bond acceptors (Lipinski definition) is 6. The first kappa shape index (κ1) is 19.9. The molecule has 0 aromatic heterocycles. The Bertz CT molecular complexity index is 501. The van der Waals surface area contributed by atoms with Crippen molar-refractivity contribution in [2.45, 2.75) is 0 Å². The summed E-state index contributed by atoms with van der Waals surface area (Å²) >= 11 is 0. The Morgan fingerprint density at radius 2 is 0.952 bits per heavy atom. The summed E-state index contributed by atoms with van der Waals surface area (Å²) in [6.45, 7) is 0. The predicted octanol–water partition coefficient (Wildman–Crippen LogP) is 1.79. The van der Waals surface area contributed by atoms with E-state index < -0.39 is 16.5 Å². The quantitative estimate of drug-likeness (QED) is 0.623. The molecule has 2 unspecified atom stereocenters. The topological polar surface area (TPSA) is 98.7 Å². The maximum Gasteiger partial charge on any atom is 2.00 e. The Morgan fingerprint density at radius 1 is 0.667 bits per heavy atom. The third-order valence-electron chi connectivity index (χ3n) is 1.85. The van der Waals surface area contributed by atoms with Crippen LogP contribution >= 0.6 is 16.5 Å². The molecule has 0 saturated carbocycles. The van der Waals surface area contributed by atoms with Crippen molar-refractivity contribution in [3.8, 4) is 11.5 Å². The normalized spacial score (nSPS) is 10.2. The van der Waals surface area contributed by atoms with Gasteiger partial charge in [-0.15, -0.1) is 0 Å². The Kier molecular flexibility index (Phi) is 11.0. The molecule has 104 valence electrons. The molecule has 9 heteroatoms. The minimum Gasteiger partial charge on any atom is -0.558 e. The summed E-state index contributed by atoms with van der Waals surface area (Å²) in [7, 11) is -5.55. The molecule has 0 aliphatic rings. The van der Waals surface area contributed by atoms with E-state index in [0.29, 0.717) is 11.5 Å². The molecule has 0 amide bonds. The minimum atomic E-state index is -2.78. The van der Waals surface area contributed by atoms with Gasteiger partial charge < -0.3 is 9.79 Å². The molecule has 0 radical (unpaired) electrons. The molecule has 6 nitrogen and oxygen atoms in total. The molecule has 2 aromatic carbocycles. The zero-order chi connectivity index (χ0) is 14.8. The van der Waals surface area contributed by atoms with Crippen LogP contribution in [0.4, 0.5) is 0 Å². The molecule has 0 heterocycles. The van der Waals surface area contributed by atoms with Gasteiger partial charge in [0.1, 0.15) is 0 Å². The van der Waals surface area contributed by atoms with Crippen molar-refractivity contribution in [2.24, 2.45) is 0 Å². The van der Waals surface area contributed by atoms with Gasteiger partial charge in [0.15, 0.2) is 11.5 Å². The third-order valence-corrected chi connectivity index (χ3v) is 2.57. The average molecular weight is 336 g/mol. The third kappa shape index (κ3) is 10.3. The van der Waals surface area contributed by atoms with Gasteiger partial charge in [0.05, 0.1) is 0 Å². The fraction of sp³-hybridized carbons (Fsp3) is 0. The molecule has 0 fully saturated rings. The number of hydrogen-bond donors (Lipinski definition) is 0. The number of rotatable bonds is 4. The van der Waals surface area contributed by atoms with Crippen molar-refractivity contribution in [1.82, 2.24) is 0 Å². The van der Waals surface area contributed by atoms with Crippen LogP contribution in [0.2, 0.25) is 0 Å². The van der Waals surface area contributed by atoms with E-state index in [1.54, 1.807) is 60.7 Å². The first-order chi connectivity index (χ1) is 9.58. The van der Waals surface area contributed by atoms with Crippen LogP contribution in [0.15, 0.2) is 60.7 Å². The van der Waals surface area contributed by atoms with Gasteiger partial charge in [0.2, 0.25) is 0 Å². The molecule has 0 aliphatic heterocycles. The van der Waals surface area contributed by atoms with Crippen LogP contribution in [-0.4, -0.2) is 23.1 Å². The van der Waals surface area contributed by atoms with Crippen molar-refractivity contribution in [3.63, 3.8) is 0 Å². The summed E-state index contributed by atoms with van der Waals surface area (Å²) in [5.74, 6) is 0.692. The first-order valence-corrected chi connectivity index (χ1v) is 7.52.